The van der Waals surface area contributed by atoms with Gasteiger partial charge in [0.1, 0.15) is 19.3 Å². The van der Waals surface area contributed by atoms with Gasteiger partial charge in [0, 0.05) is 13.0 Å². The Bertz CT molecular complexity index is 598. The first-order valence-corrected chi connectivity index (χ1v) is 16.8. The molecule has 0 saturated carbocycles. The van der Waals surface area contributed by atoms with Crippen molar-refractivity contribution < 1.29 is 37.3 Å². The van der Waals surface area contributed by atoms with Crippen molar-refractivity contribution in [3.63, 3.8) is 0 Å². The molecule has 0 bridgehead atoms. The van der Waals surface area contributed by atoms with E-state index in [1.54, 1.807) is 0 Å². The molecule has 0 aromatic heterocycles. The van der Waals surface area contributed by atoms with Crippen LogP contribution in [0.5, 0.6) is 0 Å². The Labute approximate surface area is 234 Å². The van der Waals surface area contributed by atoms with Crippen molar-refractivity contribution in [2.24, 2.45) is 0 Å². The van der Waals surface area contributed by atoms with Gasteiger partial charge in [-0.1, -0.05) is 104 Å². The minimum absolute atomic E-state index is 0.0924. The molecule has 0 aliphatic carbocycles. The molecule has 0 rings (SSSR count). The zero-order valence-corrected chi connectivity index (χ0v) is 26.3. The van der Waals surface area contributed by atoms with Crippen molar-refractivity contribution in [2.45, 2.75) is 129 Å². The first-order valence-electron chi connectivity index (χ1n) is 15.3. The number of quaternary nitrogens is 1. The van der Waals surface area contributed by atoms with Crippen LogP contribution >= 0.6 is 7.82 Å². The summed E-state index contributed by atoms with van der Waals surface area (Å²) in [5.74, 6) is -0.322. The lowest BCUT2D eigenvalue weighted by Gasteiger charge is -2.24. The Hall–Kier alpha value is -0.500. The number of phosphoric acid groups is 1. The maximum absolute atomic E-state index is 12.4. The highest BCUT2D eigenvalue weighted by Gasteiger charge is 2.26. The van der Waals surface area contributed by atoms with Gasteiger partial charge in [0.05, 0.1) is 34.4 Å². The van der Waals surface area contributed by atoms with Crippen LogP contribution in [0.2, 0.25) is 0 Å². The van der Waals surface area contributed by atoms with E-state index in [9.17, 15) is 14.3 Å². The second-order valence-electron chi connectivity index (χ2n) is 11.5. The van der Waals surface area contributed by atoms with E-state index >= 15 is 0 Å². The van der Waals surface area contributed by atoms with E-state index < -0.39 is 13.9 Å². The maximum Gasteiger partial charge on any atom is 0.472 e. The molecule has 8 nitrogen and oxygen atoms in total. The molecular formula is C29H61NO7P+. The van der Waals surface area contributed by atoms with E-state index in [0.717, 1.165) is 32.1 Å². The fourth-order valence-electron chi connectivity index (χ4n) is 3.96. The molecule has 0 aromatic carbocycles. The summed E-state index contributed by atoms with van der Waals surface area (Å²) in [6, 6.07) is 0. The lowest BCUT2D eigenvalue weighted by Crippen LogP contribution is -2.37. The van der Waals surface area contributed by atoms with E-state index in [-0.39, 0.29) is 25.8 Å². The predicted octanol–water partition coefficient (Wildman–Crippen LogP) is 7.43. The number of likely N-dealkylation sites (N-methyl/N-ethyl adjacent to an activating group) is 1. The highest BCUT2D eigenvalue weighted by atomic mass is 31.2. The van der Waals surface area contributed by atoms with Crippen LogP contribution in [0.4, 0.5) is 0 Å². The van der Waals surface area contributed by atoms with Crippen LogP contribution in [0.25, 0.3) is 0 Å². The van der Waals surface area contributed by atoms with Gasteiger partial charge in [0.25, 0.3) is 0 Å². The standard InChI is InChI=1S/C29H60NO7P/c1-6-8-10-12-14-15-17-19-21-24-34-26-28(27-36-38(32,33)35-25-23-30(3,4)5)37-29(31)22-20-18-16-13-11-9-7-2/h28H,6-27H2,1-5H3/p+1. The normalized spacial score (nSPS) is 14.4. The fraction of sp³-hybridized carbons (Fsp3) is 0.966. The largest absolute Gasteiger partial charge is 0.472 e. The molecule has 228 valence electrons. The van der Waals surface area contributed by atoms with E-state index in [1.807, 2.05) is 21.1 Å². The molecular weight excluding hydrogens is 505 g/mol. The van der Waals surface area contributed by atoms with Crippen molar-refractivity contribution in [3.05, 3.63) is 0 Å². The minimum atomic E-state index is -4.24. The van der Waals surface area contributed by atoms with Gasteiger partial charge >= 0.3 is 13.8 Å². The van der Waals surface area contributed by atoms with Crippen LogP contribution in [0, 0.1) is 0 Å². The third kappa shape index (κ3) is 27.1. The average Bonchev–Trinajstić information content (AvgIpc) is 2.84. The number of carbonyl (C=O) groups excluding carboxylic acids is 1. The molecule has 2 atom stereocenters. The smallest absolute Gasteiger partial charge is 0.457 e. The van der Waals surface area contributed by atoms with E-state index in [4.69, 9.17) is 18.5 Å². The second-order valence-corrected chi connectivity index (χ2v) is 13.0. The quantitative estimate of drug-likeness (QED) is 0.0456. The molecule has 1 N–H and O–H groups in total. The minimum Gasteiger partial charge on any atom is -0.457 e. The summed E-state index contributed by atoms with van der Waals surface area (Å²) >= 11 is 0. The van der Waals surface area contributed by atoms with Crippen LogP contribution < -0.4 is 0 Å². The number of phosphoric ester groups is 1. The molecule has 38 heavy (non-hydrogen) atoms. The van der Waals surface area contributed by atoms with Gasteiger partial charge in [-0.15, -0.1) is 0 Å². The monoisotopic (exact) mass is 566 g/mol. The lowest BCUT2D eigenvalue weighted by molar-refractivity contribution is -0.870. The van der Waals surface area contributed by atoms with Gasteiger partial charge in [-0.3, -0.25) is 13.8 Å². The van der Waals surface area contributed by atoms with Crippen molar-refractivity contribution in [1.29, 1.82) is 0 Å². The summed E-state index contributed by atoms with van der Waals surface area (Å²) in [4.78, 5) is 22.4. The van der Waals surface area contributed by atoms with Crippen molar-refractivity contribution in [2.75, 3.05) is 54.1 Å². The summed E-state index contributed by atoms with van der Waals surface area (Å²) in [7, 11) is 1.67. The van der Waals surface area contributed by atoms with Crippen LogP contribution in [0.1, 0.15) is 123 Å². The summed E-state index contributed by atoms with van der Waals surface area (Å²) in [5.41, 5.74) is 0. The summed E-state index contributed by atoms with van der Waals surface area (Å²) in [6.07, 6.45) is 18.5. The zero-order chi connectivity index (χ0) is 28.5. The lowest BCUT2D eigenvalue weighted by atomic mass is 10.1. The molecule has 0 heterocycles. The number of hydrogen-bond donors (Lipinski definition) is 1. The third-order valence-corrected chi connectivity index (χ3v) is 7.40. The Morgan fingerprint density at radius 3 is 1.74 bits per heavy atom. The van der Waals surface area contributed by atoms with Crippen LogP contribution in [-0.2, 0) is 27.9 Å². The molecule has 0 saturated heterocycles. The van der Waals surface area contributed by atoms with Crippen molar-refractivity contribution in [1.82, 2.24) is 0 Å². The Balaban J connectivity index is 4.38. The van der Waals surface area contributed by atoms with Gasteiger partial charge in [0.2, 0.25) is 0 Å². The van der Waals surface area contributed by atoms with Gasteiger partial charge in [-0.05, 0) is 12.8 Å². The molecule has 0 aliphatic heterocycles. The number of nitrogens with zero attached hydrogens (tertiary/aromatic N) is 1. The number of hydrogen-bond acceptors (Lipinski definition) is 6. The third-order valence-electron chi connectivity index (χ3n) is 6.42. The topological polar surface area (TPSA) is 91.3 Å². The maximum atomic E-state index is 12.4. The van der Waals surface area contributed by atoms with E-state index in [2.05, 4.69) is 13.8 Å². The summed E-state index contributed by atoms with van der Waals surface area (Å²) in [6.45, 7) is 5.55. The zero-order valence-electron chi connectivity index (χ0n) is 25.4. The molecule has 0 spiro atoms. The van der Waals surface area contributed by atoms with Crippen LogP contribution in [0.3, 0.4) is 0 Å². The number of rotatable bonds is 28. The predicted molar refractivity (Wildman–Crippen MR) is 155 cm³/mol. The van der Waals surface area contributed by atoms with Gasteiger partial charge in [-0.25, -0.2) is 4.57 Å². The molecule has 0 amide bonds. The number of carbonyl (C=O) groups is 1. The van der Waals surface area contributed by atoms with E-state index in [1.165, 1.54) is 70.6 Å². The van der Waals surface area contributed by atoms with E-state index in [0.29, 0.717) is 24.1 Å². The number of unbranched alkanes of at least 4 members (excludes halogenated alkanes) is 14. The van der Waals surface area contributed by atoms with Gasteiger partial charge < -0.3 is 18.9 Å². The Morgan fingerprint density at radius 2 is 1.21 bits per heavy atom. The molecule has 0 aromatic rings. The van der Waals surface area contributed by atoms with Crippen molar-refractivity contribution >= 4 is 13.8 Å². The Kier molecular flexibility index (Phi) is 24.0. The Morgan fingerprint density at radius 1 is 0.711 bits per heavy atom. The molecule has 2 unspecified atom stereocenters. The highest BCUT2D eigenvalue weighted by Crippen LogP contribution is 2.43. The van der Waals surface area contributed by atoms with Gasteiger partial charge in [-0.2, -0.15) is 0 Å². The first-order chi connectivity index (χ1) is 18.1. The molecule has 9 heteroatoms. The highest BCUT2D eigenvalue weighted by molar-refractivity contribution is 7.47. The fourth-order valence-corrected chi connectivity index (χ4v) is 4.70. The number of esters is 1. The average molecular weight is 567 g/mol. The summed E-state index contributed by atoms with van der Waals surface area (Å²) < 4.78 is 34.5. The molecule has 0 aliphatic rings. The first kappa shape index (κ1) is 37.5. The summed E-state index contributed by atoms with van der Waals surface area (Å²) in [5, 5.41) is 0. The number of ether oxygens (including phenoxy) is 2. The van der Waals surface area contributed by atoms with Crippen LogP contribution in [0.15, 0.2) is 0 Å². The second kappa shape index (κ2) is 24.3. The van der Waals surface area contributed by atoms with Crippen LogP contribution in [-0.4, -0.2) is 75.6 Å². The van der Waals surface area contributed by atoms with Gasteiger partial charge in [0.15, 0.2) is 0 Å². The van der Waals surface area contributed by atoms with Crippen molar-refractivity contribution in [3.8, 4) is 0 Å². The molecule has 0 fully saturated rings. The SMILES string of the molecule is CCCCCCCCCCCOCC(COP(=O)(O)OCC[N+](C)(C)C)OC(=O)CCCCCCCCC. The molecule has 0 radical (unpaired) electrons.